The topological polar surface area (TPSA) is 75.6 Å². The van der Waals surface area contributed by atoms with Gasteiger partial charge >= 0.3 is 12.1 Å². The largest absolute Gasteiger partial charge is 0.480 e. The normalized spacial score (nSPS) is 10.9. The van der Waals surface area contributed by atoms with E-state index in [2.05, 4.69) is 10.1 Å². The van der Waals surface area contributed by atoms with Gasteiger partial charge in [-0.25, -0.2) is 9.59 Å². The van der Waals surface area contributed by atoms with Gasteiger partial charge in [0.2, 0.25) is 0 Å². The first-order valence-corrected chi connectivity index (χ1v) is 5.33. The molecule has 0 aliphatic carbocycles. The van der Waals surface area contributed by atoms with Crippen LogP contribution in [0.4, 0.5) is 4.79 Å². The van der Waals surface area contributed by atoms with Gasteiger partial charge in [0.05, 0.1) is 6.61 Å². The van der Waals surface area contributed by atoms with Gasteiger partial charge in [-0.05, 0) is 12.5 Å². The lowest BCUT2D eigenvalue weighted by atomic mass is 10.1. The number of carboxylic acid groups (broad SMARTS) is 1. The van der Waals surface area contributed by atoms with Crippen molar-refractivity contribution in [1.82, 2.24) is 5.32 Å². The molecule has 0 bridgehead atoms. The lowest BCUT2D eigenvalue weighted by Crippen LogP contribution is -2.42. The fourth-order valence-electron chi connectivity index (χ4n) is 1.36. The molecule has 6 heteroatoms. The molecule has 0 heterocycles. The molecule has 0 aromatic heterocycles. The number of hydrogen-bond acceptors (Lipinski definition) is 3. The summed E-state index contributed by atoms with van der Waals surface area (Å²) in [6.45, 7) is 1.87. The number of carboxylic acids is 1. The van der Waals surface area contributed by atoms with Crippen molar-refractivity contribution in [3.8, 4) is 0 Å². The van der Waals surface area contributed by atoms with Crippen LogP contribution in [0.5, 0.6) is 0 Å². The predicted octanol–water partition coefficient (Wildman–Crippen LogP) is 1.85. The number of carbonyl (C=O) groups is 2. The van der Waals surface area contributed by atoms with Crippen molar-refractivity contribution in [2.75, 3.05) is 6.61 Å². The maximum absolute atomic E-state index is 11.2. The molecule has 5 nitrogen and oxygen atoms in total. The standard InChI is InChI=1S/C12H15NO4.ClH/c1-2-17-12(16)13-10(11(14)15)8-9-6-4-3-5-7-9;/h3-7,10H,2,8H2,1H3,(H,13,16)(H,14,15);1H/t10-;/m0./s1. The summed E-state index contributed by atoms with van der Waals surface area (Å²) in [4.78, 5) is 22.1. The number of nitrogens with one attached hydrogen (secondary N) is 1. The fourth-order valence-corrected chi connectivity index (χ4v) is 1.36. The van der Waals surface area contributed by atoms with Gasteiger partial charge in [0.25, 0.3) is 0 Å². The number of hydrogen-bond donors (Lipinski definition) is 2. The Morgan fingerprint density at radius 1 is 1.33 bits per heavy atom. The maximum Gasteiger partial charge on any atom is 0.407 e. The minimum atomic E-state index is -1.08. The van der Waals surface area contributed by atoms with Crippen LogP contribution in [0.1, 0.15) is 12.5 Å². The van der Waals surface area contributed by atoms with Gasteiger partial charge in [-0.3, -0.25) is 0 Å². The molecule has 1 amide bonds. The minimum Gasteiger partial charge on any atom is -0.480 e. The Balaban J connectivity index is 0.00000289. The highest BCUT2D eigenvalue weighted by Gasteiger charge is 2.20. The summed E-state index contributed by atoms with van der Waals surface area (Å²) in [5.74, 6) is -1.08. The molecule has 0 saturated heterocycles. The van der Waals surface area contributed by atoms with Crippen LogP contribution >= 0.6 is 12.4 Å². The lowest BCUT2D eigenvalue weighted by molar-refractivity contribution is -0.139. The summed E-state index contributed by atoms with van der Waals surface area (Å²) in [7, 11) is 0. The van der Waals surface area contributed by atoms with Crippen molar-refractivity contribution in [3.05, 3.63) is 35.9 Å². The molecule has 1 rings (SSSR count). The zero-order valence-corrected chi connectivity index (χ0v) is 10.8. The van der Waals surface area contributed by atoms with E-state index in [1.165, 1.54) is 0 Å². The second kappa shape index (κ2) is 8.36. The van der Waals surface area contributed by atoms with Crippen LogP contribution in [0.25, 0.3) is 0 Å². The van der Waals surface area contributed by atoms with Crippen LogP contribution < -0.4 is 5.32 Å². The Labute approximate surface area is 112 Å². The third-order valence-electron chi connectivity index (χ3n) is 2.15. The number of aliphatic carboxylic acids is 1. The molecular formula is C12H16ClNO4. The highest BCUT2D eigenvalue weighted by Crippen LogP contribution is 2.03. The Morgan fingerprint density at radius 2 is 1.94 bits per heavy atom. The molecule has 1 atom stereocenters. The van der Waals surface area contributed by atoms with E-state index in [4.69, 9.17) is 5.11 Å². The van der Waals surface area contributed by atoms with E-state index in [0.717, 1.165) is 5.56 Å². The molecule has 1 aromatic rings. The zero-order chi connectivity index (χ0) is 12.7. The van der Waals surface area contributed by atoms with Crippen molar-refractivity contribution in [1.29, 1.82) is 0 Å². The molecule has 100 valence electrons. The van der Waals surface area contributed by atoms with E-state index in [0.29, 0.717) is 0 Å². The fraction of sp³-hybridized carbons (Fsp3) is 0.333. The van der Waals surface area contributed by atoms with Crippen LogP contribution in [-0.2, 0) is 16.0 Å². The summed E-state index contributed by atoms with van der Waals surface area (Å²) >= 11 is 0. The number of halogens is 1. The molecular weight excluding hydrogens is 258 g/mol. The second-order valence-electron chi connectivity index (χ2n) is 3.45. The van der Waals surface area contributed by atoms with Crippen LogP contribution in [0.15, 0.2) is 30.3 Å². The Bertz CT molecular complexity index is 383. The number of carbonyl (C=O) groups excluding carboxylic acids is 1. The summed E-state index contributed by atoms with van der Waals surface area (Å²) < 4.78 is 4.65. The van der Waals surface area contributed by atoms with E-state index >= 15 is 0 Å². The minimum absolute atomic E-state index is 0. The highest BCUT2D eigenvalue weighted by atomic mass is 35.5. The molecule has 0 saturated carbocycles. The SMILES string of the molecule is CCOC(=O)N[C@@H](Cc1ccccc1)C(=O)O.Cl. The van der Waals surface area contributed by atoms with Crippen LogP contribution in [0.2, 0.25) is 0 Å². The van der Waals surface area contributed by atoms with Gasteiger partial charge in [0.1, 0.15) is 6.04 Å². The van der Waals surface area contributed by atoms with Crippen LogP contribution in [-0.4, -0.2) is 29.8 Å². The molecule has 0 unspecified atom stereocenters. The number of amides is 1. The predicted molar refractivity (Wildman–Crippen MR) is 69.0 cm³/mol. The highest BCUT2D eigenvalue weighted by molar-refractivity contribution is 5.85. The first-order chi connectivity index (χ1) is 8.13. The second-order valence-corrected chi connectivity index (χ2v) is 3.45. The monoisotopic (exact) mass is 273 g/mol. The average Bonchev–Trinajstić information content (AvgIpc) is 2.29. The molecule has 0 aliphatic rings. The number of ether oxygens (including phenoxy) is 1. The third-order valence-corrected chi connectivity index (χ3v) is 2.15. The van der Waals surface area contributed by atoms with Gasteiger partial charge in [-0.2, -0.15) is 0 Å². The van der Waals surface area contributed by atoms with Crippen molar-refractivity contribution < 1.29 is 19.4 Å². The first kappa shape index (κ1) is 16.2. The number of benzene rings is 1. The van der Waals surface area contributed by atoms with Gasteiger partial charge in [-0.1, -0.05) is 30.3 Å². The van der Waals surface area contributed by atoms with Crippen molar-refractivity contribution in [2.24, 2.45) is 0 Å². The van der Waals surface area contributed by atoms with E-state index < -0.39 is 18.1 Å². The molecule has 0 spiro atoms. The molecule has 0 aliphatic heterocycles. The van der Waals surface area contributed by atoms with Gasteiger partial charge < -0.3 is 15.2 Å². The number of rotatable bonds is 5. The molecule has 2 N–H and O–H groups in total. The van der Waals surface area contributed by atoms with Crippen LogP contribution in [0, 0.1) is 0 Å². The Kier molecular flexibility index (Phi) is 7.54. The van der Waals surface area contributed by atoms with Crippen LogP contribution in [0.3, 0.4) is 0 Å². The Hall–Kier alpha value is -1.75. The number of alkyl carbamates (subject to hydrolysis) is 1. The van der Waals surface area contributed by atoms with E-state index in [1.54, 1.807) is 6.92 Å². The quantitative estimate of drug-likeness (QED) is 0.858. The summed E-state index contributed by atoms with van der Waals surface area (Å²) in [5, 5.41) is 11.3. The first-order valence-electron chi connectivity index (χ1n) is 5.33. The van der Waals surface area contributed by atoms with Gasteiger partial charge in [-0.15, -0.1) is 12.4 Å². The van der Waals surface area contributed by atoms with Crippen molar-refractivity contribution in [3.63, 3.8) is 0 Å². The van der Waals surface area contributed by atoms with Crippen molar-refractivity contribution in [2.45, 2.75) is 19.4 Å². The van der Waals surface area contributed by atoms with Gasteiger partial charge in [0, 0.05) is 6.42 Å². The summed E-state index contributed by atoms with van der Waals surface area (Å²) in [5.41, 5.74) is 0.844. The zero-order valence-electron chi connectivity index (χ0n) is 9.96. The average molecular weight is 274 g/mol. The smallest absolute Gasteiger partial charge is 0.407 e. The van der Waals surface area contributed by atoms with E-state index in [1.807, 2.05) is 30.3 Å². The summed E-state index contributed by atoms with van der Waals surface area (Å²) in [6, 6.07) is 8.12. The maximum atomic E-state index is 11.2. The molecule has 1 aromatic carbocycles. The molecule has 0 radical (unpaired) electrons. The van der Waals surface area contributed by atoms with Crippen molar-refractivity contribution >= 4 is 24.5 Å². The van der Waals surface area contributed by atoms with Gasteiger partial charge in [0.15, 0.2) is 0 Å². The molecule has 0 fully saturated rings. The lowest BCUT2D eigenvalue weighted by Gasteiger charge is -2.14. The third kappa shape index (κ3) is 5.54. The molecule has 18 heavy (non-hydrogen) atoms. The van der Waals surface area contributed by atoms with E-state index in [9.17, 15) is 9.59 Å². The summed E-state index contributed by atoms with van der Waals surface area (Å²) in [6.07, 6.45) is -0.481. The Morgan fingerprint density at radius 3 is 2.44 bits per heavy atom. The van der Waals surface area contributed by atoms with E-state index in [-0.39, 0.29) is 25.4 Å².